The highest BCUT2D eigenvalue weighted by Crippen LogP contribution is 2.21. The molecule has 184 valence electrons. The van der Waals surface area contributed by atoms with Gasteiger partial charge in [-0.25, -0.2) is 0 Å². The van der Waals surface area contributed by atoms with Gasteiger partial charge < -0.3 is 24.8 Å². The Hall–Kier alpha value is -0.460. The van der Waals surface area contributed by atoms with E-state index in [-0.39, 0.29) is 13.2 Å². The molecule has 4 atom stereocenters. The van der Waals surface area contributed by atoms with Crippen LogP contribution in [0.4, 0.5) is 0 Å². The van der Waals surface area contributed by atoms with Gasteiger partial charge in [-0.2, -0.15) is 0 Å². The van der Waals surface area contributed by atoms with E-state index in [1.807, 2.05) is 0 Å². The van der Waals surface area contributed by atoms with Gasteiger partial charge in [0.05, 0.1) is 13.2 Å². The lowest BCUT2D eigenvalue weighted by molar-refractivity contribution is -0.0938. The van der Waals surface area contributed by atoms with Gasteiger partial charge in [-0.05, 0) is 32.1 Å². The van der Waals surface area contributed by atoms with Gasteiger partial charge in [-0.15, -0.1) is 0 Å². The molecule has 0 radical (unpaired) electrons. The molecule has 1 saturated heterocycles. The van der Waals surface area contributed by atoms with Crippen LogP contribution in [-0.4, -0.2) is 59.6 Å². The number of hydrogen-bond donors (Lipinski definition) is 3. The van der Waals surface area contributed by atoms with Crippen LogP contribution in [0.2, 0.25) is 0 Å². The molecule has 0 bridgehead atoms. The summed E-state index contributed by atoms with van der Waals surface area (Å²) in [5.74, 6) is 0. The third-order valence-corrected chi connectivity index (χ3v) is 6.20. The van der Waals surface area contributed by atoms with E-state index in [1.54, 1.807) is 0 Å². The summed E-state index contributed by atoms with van der Waals surface area (Å²) >= 11 is 0. The van der Waals surface area contributed by atoms with Gasteiger partial charge in [0.1, 0.15) is 24.4 Å². The minimum atomic E-state index is -1.01. The van der Waals surface area contributed by atoms with Crippen molar-refractivity contribution in [1.29, 1.82) is 0 Å². The topological polar surface area (TPSA) is 79.2 Å². The maximum Gasteiger partial charge on any atom is 0.114 e. The molecular weight excluding hydrogens is 392 g/mol. The molecule has 0 aromatic heterocycles. The van der Waals surface area contributed by atoms with E-state index in [0.29, 0.717) is 6.61 Å². The summed E-state index contributed by atoms with van der Waals surface area (Å²) in [4.78, 5) is 0. The predicted octanol–water partition coefficient (Wildman–Crippen LogP) is 5.30. The van der Waals surface area contributed by atoms with Gasteiger partial charge in [-0.1, -0.05) is 89.7 Å². The first-order valence-corrected chi connectivity index (χ1v) is 13.1. The van der Waals surface area contributed by atoms with Gasteiger partial charge >= 0.3 is 0 Å². The average Bonchev–Trinajstić information content (AvgIpc) is 3.15. The zero-order chi connectivity index (χ0) is 22.6. The first kappa shape index (κ1) is 28.6. The molecule has 1 rings (SSSR count). The van der Waals surface area contributed by atoms with Crippen LogP contribution in [0, 0.1) is 0 Å². The van der Waals surface area contributed by atoms with Crippen LogP contribution in [0.15, 0.2) is 12.2 Å². The Morgan fingerprint density at radius 1 is 0.839 bits per heavy atom. The van der Waals surface area contributed by atoms with Gasteiger partial charge in [0.25, 0.3) is 0 Å². The molecule has 0 saturated carbocycles. The highest BCUT2D eigenvalue weighted by molar-refractivity contribution is 4.89. The predicted molar refractivity (Wildman–Crippen MR) is 127 cm³/mol. The molecule has 1 aliphatic heterocycles. The molecule has 5 heteroatoms. The van der Waals surface area contributed by atoms with Crippen LogP contribution in [0.5, 0.6) is 0 Å². The van der Waals surface area contributed by atoms with Crippen molar-refractivity contribution in [3.8, 4) is 0 Å². The van der Waals surface area contributed by atoms with Crippen molar-refractivity contribution in [2.75, 3.05) is 19.8 Å². The maximum atomic E-state index is 9.90. The standard InChI is InChI=1S/C26H50O5/c1-2-3-4-5-6-7-8-9-10-11-12-13-14-15-16-17-18-19-20-30-26-24(29)22-31-25(26)23(28)21-27/h13-14,23-29H,2-12,15-22H2,1H3/b14-13+/t23-,24+,25+,26+/m0/s1. The molecule has 1 fully saturated rings. The lowest BCUT2D eigenvalue weighted by Crippen LogP contribution is -2.42. The van der Waals surface area contributed by atoms with Crippen molar-refractivity contribution in [3.63, 3.8) is 0 Å². The van der Waals surface area contributed by atoms with E-state index in [9.17, 15) is 10.2 Å². The van der Waals surface area contributed by atoms with Crippen molar-refractivity contribution >= 4 is 0 Å². The van der Waals surface area contributed by atoms with E-state index in [2.05, 4.69) is 19.1 Å². The quantitative estimate of drug-likeness (QED) is 0.166. The summed E-state index contributed by atoms with van der Waals surface area (Å²) < 4.78 is 11.0. The highest BCUT2D eigenvalue weighted by Gasteiger charge is 2.40. The van der Waals surface area contributed by atoms with E-state index in [4.69, 9.17) is 14.6 Å². The van der Waals surface area contributed by atoms with Crippen molar-refractivity contribution in [1.82, 2.24) is 0 Å². The van der Waals surface area contributed by atoms with E-state index < -0.39 is 24.4 Å². The Kier molecular flexibility index (Phi) is 18.6. The second-order valence-electron chi connectivity index (χ2n) is 9.10. The first-order valence-electron chi connectivity index (χ1n) is 13.1. The smallest absolute Gasteiger partial charge is 0.114 e. The van der Waals surface area contributed by atoms with E-state index >= 15 is 0 Å². The fourth-order valence-corrected chi connectivity index (χ4v) is 4.18. The van der Waals surface area contributed by atoms with Crippen LogP contribution in [-0.2, 0) is 9.47 Å². The van der Waals surface area contributed by atoms with Gasteiger partial charge in [0.15, 0.2) is 0 Å². The summed E-state index contributed by atoms with van der Waals surface area (Å²) in [6.07, 6.45) is 22.5. The second kappa shape index (κ2) is 20.2. The molecule has 3 N–H and O–H groups in total. The minimum absolute atomic E-state index is 0.151. The number of rotatable bonds is 21. The molecule has 0 spiro atoms. The molecule has 0 aromatic carbocycles. The lowest BCUT2D eigenvalue weighted by Gasteiger charge is -2.23. The van der Waals surface area contributed by atoms with Crippen molar-refractivity contribution < 1.29 is 24.8 Å². The molecule has 0 amide bonds. The number of ether oxygens (including phenoxy) is 2. The van der Waals surface area contributed by atoms with Gasteiger partial charge in [0.2, 0.25) is 0 Å². The van der Waals surface area contributed by atoms with E-state index in [0.717, 1.165) is 19.3 Å². The summed E-state index contributed by atoms with van der Waals surface area (Å²) in [7, 11) is 0. The Morgan fingerprint density at radius 3 is 1.90 bits per heavy atom. The third-order valence-electron chi connectivity index (χ3n) is 6.20. The summed E-state index contributed by atoms with van der Waals surface area (Å²) in [6.45, 7) is 2.59. The van der Waals surface area contributed by atoms with Crippen LogP contribution in [0.25, 0.3) is 0 Å². The fourth-order valence-electron chi connectivity index (χ4n) is 4.18. The second-order valence-corrected chi connectivity index (χ2v) is 9.10. The number of allylic oxidation sites excluding steroid dienone is 2. The summed E-state index contributed by atoms with van der Waals surface area (Å²) in [6, 6.07) is 0. The van der Waals surface area contributed by atoms with Crippen LogP contribution in [0.1, 0.15) is 110 Å². The largest absolute Gasteiger partial charge is 0.394 e. The zero-order valence-electron chi connectivity index (χ0n) is 20.1. The molecule has 5 nitrogen and oxygen atoms in total. The number of hydrogen-bond acceptors (Lipinski definition) is 5. The summed E-state index contributed by atoms with van der Waals surface area (Å²) in [5.41, 5.74) is 0. The average molecular weight is 443 g/mol. The molecule has 0 unspecified atom stereocenters. The number of aliphatic hydroxyl groups is 3. The van der Waals surface area contributed by atoms with Crippen LogP contribution in [0.3, 0.4) is 0 Å². The minimum Gasteiger partial charge on any atom is -0.394 e. The Balaban J connectivity index is 1.84. The van der Waals surface area contributed by atoms with Crippen molar-refractivity contribution in [2.24, 2.45) is 0 Å². The maximum absolute atomic E-state index is 9.90. The molecule has 0 aliphatic carbocycles. The Bertz CT molecular complexity index is 415. The molecule has 1 aliphatic rings. The number of aliphatic hydroxyl groups excluding tert-OH is 3. The van der Waals surface area contributed by atoms with Gasteiger partial charge in [-0.3, -0.25) is 0 Å². The lowest BCUT2D eigenvalue weighted by atomic mass is 10.1. The monoisotopic (exact) mass is 442 g/mol. The Labute approximate surface area is 191 Å². The normalized spacial score (nSPS) is 22.5. The van der Waals surface area contributed by atoms with Crippen molar-refractivity contribution in [3.05, 3.63) is 12.2 Å². The van der Waals surface area contributed by atoms with Gasteiger partial charge in [0, 0.05) is 6.61 Å². The van der Waals surface area contributed by atoms with Crippen molar-refractivity contribution in [2.45, 2.75) is 134 Å². The van der Waals surface area contributed by atoms with Crippen LogP contribution < -0.4 is 0 Å². The van der Waals surface area contributed by atoms with E-state index in [1.165, 1.54) is 83.5 Å². The molecular formula is C26H50O5. The molecule has 0 aromatic rings. The summed E-state index contributed by atoms with van der Waals surface area (Å²) in [5, 5.41) is 28.7. The third kappa shape index (κ3) is 14.3. The SMILES string of the molecule is CCCCCCCCCCCC/C=C/CCCCCCO[C@H]1[C@@H]([C@@H](O)CO)OC[C@H]1O. The van der Waals surface area contributed by atoms with Crippen LogP contribution >= 0.6 is 0 Å². The molecule has 31 heavy (non-hydrogen) atoms. The first-order chi connectivity index (χ1) is 15.2. The number of unbranched alkanes of at least 4 members (excludes halogenated alkanes) is 14. The highest BCUT2D eigenvalue weighted by atomic mass is 16.6. The Morgan fingerprint density at radius 2 is 1.35 bits per heavy atom. The fraction of sp³-hybridized carbons (Fsp3) is 0.923. The zero-order valence-corrected chi connectivity index (χ0v) is 20.1. The molecule has 1 heterocycles.